The van der Waals surface area contributed by atoms with Crippen molar-refractivity contribution >= 4 is 23.1 Å². The monoisotopic (exact) mass is 407 g/mol. The van der Waals surface area contributed by atoms with Crippen LogP contribution in [-0.2, 0) is 5.41 Å². The summed E-state index contributed by atoms with van der Waals surface area (Å²) < 4.78 is 0. The van der Waals surface area contributed by atoms with Gasteiger partial charge in [-0.15, -0.1) is 0 Å². The predicted molar refractivity (Wildman–Crippen MR) is 128 cm³/mol. The highest BCUT2D eigenvalue weighted by atomic mass is 14.8. The van der Waals surface area contributed by atoms with Crippen LogP contribution in [0, 0.1) is 0 Å². The molecule has 0 saturated heterocycles. The Kier molecular flexibility index (Phi) is 3.56. The van der Waals surface area contributed by atoms with Gasteiger partial charge in [-0.05, 0) is 45.8 Å². The van der Waals surface area contributed by atoms with Gasteiger partial charge >= 0.3 is 0 Å². The number of aromatic nitrogens is 3. The molecule has 0 amide bonds. The van der Waals surface area contributed by atoms with Crippen LogP contribution in [0.5, 0.6) is 0 Å². The first-order valence-corrected chi connectivity index (χ1v) is 10.9. The van der Waals surface area contributed by atoms with E-state index in [1.54, 1.807) is 0 Å². The maximum atomic E-state index is 5.07. The molecule has 0 saturated carbocycles. The molecule has 0 unspecified atom stereocenters. The van der Waals surface area contributed by atoms with Gasteiger partial charge < -0.3 is 0 Å². The van der Waals surface area contributed by atoms with Gasteiger partial charge in [0.05, 0.1) is 11.4 Å². The van der Waals surface area contributed by atoms with Gasteiger partial charge in [-0.25, -0.2) is 0 Å². The Bertz CT molecular complexity index is 1400. The minimum absolute atomic E-state index is 0.0901. The number of benzene rings is 2. The zero-order valence-corrected chi connectivity index (χ0v) is 17.3. The third kappa shape index (κ3) is 2.09. The van der Waals surface area contributed by atoms with Crippen LogP contribution in [0.2, 0.25) is 0 Å². The zero-order chi connectivity index (χ0) is 21.1. The van der Waals surface area contributed by atoms with Crippen molar-refractivity contribution in [2.75, 3.05) is 0 Å². The molecule has 3 nitrogen and oxygen atoms in total. The van der Waals surface area contributed by atoms with Crippen molar-refractivity contribution < 1.29 is 0 Å². The Morgan fingerprint density at radius 2 is 1.22 bits per heavy atom. The second-order valence-corrected chi connectivity index (χ2v) is 8.44. The highest BCUT2D eigenvalue weighted by molar-refractivity contribution is 6.96. The van der Waals surface area contributed by atoms with E-state index in [1.165, 1.54) is 33.1 Å². The molecular weight excluding hydrogens is 389 g/mol. The van der Waals surface area contributed by atoms with Crippen molar-refractivity contribution in [1.29, 1.82) is 0 Å². The van der Waals surface area contributed by atoms with Crippen LogP contribution in [-0.4, -0.2) is 21.7 Å². The summed E-state index contributed by atoms with van der Waals surface area (Å²) in [6, 6.07) is 30.1. The zero-order valence-electron chi connectivity index (χ0n) is 17.3. The summed E-state index contributed by atoms with van der Waals surface area (Å²) in [6.07, 6.45) is 7.70. The first-order valence-electron chi connectivity index (χ1n) is 10.9. The molecule has 2 aliphatic rings. The van der Waals surface area contributed by atoms with Crippen LogP contribution in [0.15, 0.2) is 110 Å². The lowest BCUT2D eigenvalue weighted by Crippen LogP contribution is -2.62. The predicted octanol–water partition coefficient (Wildman–Crippen LogP) is 3.06. The van der Waals surface area contributed by atoms with Crippen LogP contribution in [0.25, 0.3) is 11.1 Å². The standard InChI is InChI=1S/C28H18BN3/c1-2-8-19(9-3-1)29-24-12-6-15-31-26(24)28(27-25(29)13-7-16-32-27)22-11-5-4-10-20(22)21-18-30-17-14-23(21)28/h1-18H. The molecule has 0 fully saturated rings. The summed E-state index contributed by atoms with van der Waals surface area (Å²) in [4.78, 5) is 14.6. The lowest BCUT2D eigenvalue weighted by atomic mass is 9.32. The van der Waals surface area contributed by atoms with Crippen molar-refractivity contribution in [3.05, 3.63) is 132 Å². The number of fused-ring (bicyclic) bond motifs is 9. The molecular formula is C28H18BN3. The maximum absolute atomic E-state index is 5.07. The number of hydrogen-bond acceptors (Lipinski definition) is 3. The van der Waals surface area contributed by atoms with Crippen LogP contribution in [0.4, 0.5) is 0 Å². The van der Waals surface area contributed by atoms with Gasteiger partial charge in [0, 0.05) is 30.4 Å². The molecule has 0 N–H and O–H groups in total. The van der Waals surface area contributed by atoms with Crippen LogP contribution in [0.3, 0.4) is 0 Å². The summed E-state index contributed by atoms with van der Waals surface area (Å²) in [5.74, 6) is 0. The molecule has 1 aliphatic heterocycles. The van der Waals surface area contributed by atoms with Gasteiger partial charge in [0.25, 0.3) is 0 Å². The van der Waals surface area contributed by atoms with Gasteiger partial charge in [-0.1, -0.05) is 72.2 Å². The molecule has 1 aliphatic carbocycles. The van der Waals surface area contributed by atoms with Crippen LogP contribution in [0.1, 0.15) is 22.5 Å². The Labute approximate surface area is 186 Å². The average Bonchev–Trinajstić information content (AvgIpc) is 3.16. The molecule has 0 bridgehead atoms. The molecule has 7 rings (SSSR count). The highest BCUT2D eigenvalue weighted by Gasteiger charge is 2.54. The molecule has 2 aromatic carbocycles. The van der Waals surface area contributed by atoms with E-state index < -0.39 is 5.41 Å². The van der Waals surface area contributed by atoms with Crippen molar-refractivity contribution in [3.8, 4) is 11.1 Å². The van der Waals surface area contributed by atoms with Gasteiger partial charge in [0.1, 0.15) is 5.41 Å². The minimum Gasteiger partial charge on any atom is -0.264 e. The number of hydrogen-bond donors (Lipinski definition) is 0. The van der Waals surface area contributed by atoms with Crippen molar-refractivity contribution in [2.24, 2.45) is 0 Å². The van der Waals surface area contributed by atoms with Gasteiger partial charge in [-0.3, -0.25) is 15.0 Å². The van der Waals surface area contributed by atoms with E-state index in [1.807, 2.05) is 24.8 Å². The van der Waals surface area contributed by atoms with Gasteiger partial charge in [0.15, 0.2) is 0 Å². The fourth-order valence-corrected chi connectivity index (χ4v) is 5.85. The number of rotatable bonds is 1. The molecule has 148 valence electrons. The van der Waals surface area contributed by atoms with E-state index >= 15 is 0 Å². The average molecular weight is 407 g/mol. The maximum Gasteiger partial charge on any atom is 0.246 e. The summed E-state index contributed by atoms with van der Waals surface area (Å²) >= 11 is 0. The first kappa shape index (κ1) is 17.6. The third-order valence-electron chi connectivity index (χ3n) is 6.99. The fraction of sp³-hybridized carbons (Fsp3) is 0.0357. The second-order valence-electron chi connectivity index (χ2n) is 8.44. The second kappa shape index (κ2) is 6.48. The Balaban J connectivity index is 1.67. The van der Waals surface area contributed by atoms with E-state index in [0.717, 1.165) is 17.0 Å². The summed E-state index contributed by atoms with van der Waals surface area (Å²) in [6.45, 7) is 0.0901. The molecule has 4 heterocycles. The largest absolute Gasteiger partial charge is 0.264 e. The Hall–Kier alpha value is -4.05. The van der Waals surface area contributed by atoms with Crippen molar-refractivity contribution in [2.45, 2.75) is 5.41 Å². The topological polar surface area (TPSA) is 38.7 Å². The molecule has 0 radical (unpaired) electrons. The Morgan fingerprint density at radius 1 is 0.562 bits per heavy atom. The number of nitrogens with zero attached hydrogens (tertiary/aromatic N) is 3. The fourth-order valence-electron chi connectivity index (χ4n) is 5.85. The molecule has 1 spiro atoms. The van der Waals surface area contributed by atoms with Crippen LogP contribution < -0.4 is 16.4 Å². The minimum atomic E-state index is -0.548. The third-order valence-corrected chi connectivity index (χ3v) is 6.99. The lowest BCUT2D eigenvalue weighted by molar-refractivity contribution is 0.711. The SMILES string of the molecule is c1ccc(B2c3cccnc3C3(c4ccccc4-c4cnccc43)c3ncccc32)cc1. The first-order chi connectivity index (χ1) is 15.9. The van der Waals surface area contributed by atoms with E-state index in [-0.39, 0.29) is 6.71 Å². The van der Waals surface area contributed by atoms with Crippen LogP contribution >= 0.6 is 0 Å². The van der Waals surface area contributed by atoms with E-state index in [9.17, 15) is 0 Å². The molecule has 3 aromatic heterocycles. The lowest BCUT2D eigenvalue weighted by Gasteiger charge is -2.40. The molecule has 4 heteroatoms. The summed E-state index contributed by atoms with van der Waals surface area (Å²) in [7, 11) is 0. The van der Waals surface area contributed by atoms with E-state index in [0.29, 0.717) is 0 Å². The summed E-state index contributed by atoms with van der Waals surface area (Å²) in [5, 5.41) is 0. The normalized spacial score (nSPS) is 14.4. The Morgan fingerprint density at radius 3 is 1.97 bits per heavy atom. The number of pyridine rings is 3. The molecule has 5 aromatic rings. The van der Waals surface area contributed by atoms with Gasteiger partial charge in [0.2, 0.25) is 6.71 Å². The van der Waals surface area contributed by atoms with E-state index in [2.05, 4.69) is 89.9 Å². The smallest absolute Gasteiger partial charge is 0.246 e. The van der Waals surface area contributed by atoms with Crippen molar-refractivity contribution in [3.63, 3.8) is 0 Å². The van der Waals surface area contributed by atoms with E-state index in [4.69, 9.17) is 9.97 Å². The highest BCUT2D eigenvalue weighted by Crippen LogP contribution is 2.54. The van der Waals surface area contributed by atoms with Gasteiger partial charge in [-0.2, -0.15) is 0 Å². The summed E-state index contributed by atoms with van der Waals surface area (Å²) in [5.41, 5.74) is 10.1. The van der Waals surface area contributed by atoms with Crippen molar-refractivity contribution in [1.82, 2.24) is 15.0 Å². The molecule has 32 heavy (non-hydrogen) atoms. The quantitative estimate of drug-likeness (QED) is 0.393. The molecule has 0 atom stereocenters.